The molecule has 1 nitrogen and oxygen atoms in total. The van der Waals surface area contributed by atoms with Gasteiger partial charge in [0.25, 0.3) is 0 Å². The van der Waals surface area contributed by atoms with E-state index in [0.717, 1.165) is 36.3 Å². The number of halogens is 1. The molecule has 0 heterocycles. The molecule has 1 aromatic rings. The fourth-order valence-corrected chi connectivity index (χ4v) is 1.80. The molecule has 0 amide bonds. The Morgan fingerprint density at radius 3 is 2.53 bits per heavy atom. The van der Waals surface area contributed by atoms with Gasteiger partial charge in [-0.3, -0.25) is 0 Å². The van der Waals surface area contributed by atoms with Crippen LogP contribution in [-0.2, 0) is 6.42 Å². The minimum absolute atomic E-state index is 0.738. The molecular formula is C15H22BrN. The van der Waals surface area contributed by atoms with Gasteiger partial charge in [0.2, 0.25) is 0 Å². The first-order chi connectivity index (χ1) is 8.18. The van der Waals surface area contributed by atoms with E-state index in [1.54, 1.807) is 0 Å². The number of rotatable bonds is 7. The van der Waals surface area contributed by atoms with Crippen molar-refractivity contribution in [3.05, 3.63) is 46.5 Å². The molecule has 94 valence electrons. The first-order valence-corrected chi connectivity index (χ1v) is 7.08. The lowest BCUT2D eigenvalue weighted by molar-refractivity contribution is 0.556. The molecule has 0 spiro atoms. The van der Waals surface area contributed by atoms with Gasteiger partial charge >= 0.3 is 0 Å². The van der Waals surface area contributed by atoms with Gasteiger partial charge < -0.3 is 5.32 Å². The summed E-state index contributed by atoms with van der Waals surface area (Å²) in [6.45, 7) is 6.66. The lowest BCUT2D eigenvalue weighted by atomic mass is 10.1. The van der Waals surface area contributed by atoms with Gasteiger partial charge in [0.1, 0.15) is 0 Å². The highest BCUT2D eigenvalue weighted by molar-refractivity contribution is 9.10. The molecular weight excluding hydrogens is 274 g/mol. The van der Waals surface area contributed by atoms with Crippen LogP contribution in [0.5, 0.6) is 0 Å². The number of nitrogens with one attached hydrogen (secondary N) is 1. The van der Waals surface area contributed by atoms with Crippen LogP contribution in [0.1, 0.15) is 25.8 Å². The van der Waals surface area contributed by atoms with E-state index in [1.165, 1.54) is 5.56 Å². The third kappa shape index (κ3) is 7.35. The molecule has 0 unspecified atom stereocenters. The first-order valence-electron chi connectivity index (χ1n) is 6.28. The van der Waals surface area contributed by atoms with Crippen LogP contribution in [0.3, 0.4) is 0 Å². The third-order valence-electron chi connectivity index (χ3n) is 2.47. The van der Waals surface area contributed by atoms with Gasteiger partial charge in [-0.05, 0) is 49.5 Å². The minimum Gasteiger partial charge on any atom is -0.316 e. The van der Waals surface area contributed by atoms with Gasteiger partial charge in [-0.25, -0.2) is 0 Å². The summed E-state index contributed by atoms with van der Waals surface area (Å²) in [7, 11) is 0. The van der Waals surface area contributed by atoms with Crippen molar-refractivity contribution >= 4 is 15.9 Å². The van der Waals surface area contributed by atoms with Crippen LogP contribution < -0.4 is 5.32 Å². The van der Waals surface area contributed by atoms with Crippen LogP contribution >= 0.6 is 15.9 Å². The second-order valence-corrected chi connectivity index (χ2v) is 5.60. The Bertz CT molecular complexity index is 327. The fourth-order valence-electron chi connectivity index (χ4n) is 1.53. The summed E-state index contributed by atoms with van der Waals surface area (Å²) < 4.78 is 1.14. The zero-order chi connectivity index (χ0) is 12.5. The van der Waals surface area contributed by atoms with Crippen molar-refractivity contribution in [2.45, 2.75) is 26.7 Å². The summed E-state index contributed by atoms with van der Waals surface area (Å²) in [6.07, 6.45) is 6.65. The molecule has 0 aliphatic rings. The summed E-state index contributed by atoms with van der Waals surface area (Å²) in [5, 5.41) is 3.43. The molecule has 0 aromatic heterocycles. The van der Waals surface area contributed by atoms with Crippen LogP contribution in [0, 0.1) is 5.92 Å². The number of benzene rings is 1. The standard InChI is InChI=1S/C15H22BrN/c1-13(2)12-17-11-5-3-4-6-14-7-9-15(16)10-8-14/h3-4,7-10,13,17H,5-6,11-12H2,1-2H3/b4-3+. The Morgan fingerprint density at radius 1 is 1.18 bits per heavy atom. The van der Waals surface area contributed by atoms with Gasteiger partial charge in [0.05, 0.1) is 0 Å². The van der Waals surface area contributed by atoms with Crippen molar-refractivity contribution in [1.29, 1.82) is 0 Å². The van der Waals surface area contributed by atoms with E-state index in [2.05, 4.69) is 71.5 Å². The van der Waals surface area contributed by atoms with Gasteiger partial charge in [-0.15, -0.1) is 0 Å². The quantitative estimate of drug-likeness (QED) is 0.588. The van der Waals surface area contributed by atoms with Crippen LogP contribution in [0.2, 0.25) is 0 Å². The third-order valence-corrected chi connectivity index (χ3v) is 3.00. The molecule has 0 fully saturated rings. The van der Waals surface area contributed by atoms with Crippen molar-refractivity contribution < 1.29 is 0 Å². The van der Waals surface area contributed by atoms with Crippen molar-refractivity contribution in [3.8, 4) is 0 Å². The second kappa shape index (κ2) is 8.48. The molecule has 1 rings (SSSR count). The Morgan fingerprint density at radius 2 is 1.88 bits per heavy atom. The fraction of sp³-hybridized carbons (Fsp3) is 0.467. The van der Waals surface area contributed by atoms with Crippen molar-refractivity contribution in [2.24, 2.45) is 5.92 Å². The Labute approximate surface area is 113 Å². The zero-order valence-corrected chi connectivity index (χ0v) is 12.3. The van der Waals surface area contributed by atoms with Crippen molar-refractivity contribution in [1.82, 2.24) is 5.32 Å². The van der Waals surface area contributed by atoms with Gasteiger partial charge in [0, 0.05) is 4.47 Å². The predicted molar refractivity (Wildman–Crippen MR) is 79.3 cm³/mol. The highest BCUT2D eigenvalue weighted by atomic mass is 79.9. The van der Waals surface area contributed by atoms with E-state index in [1.807, 2.05) is 0 Å². The predicted octanol–water partition coefficient (Wildman–Crippen LogP) is 4.18. The topological polar surface area (TPSA) is 12.0 Å². The first kappa shape index (κ1) is 14.5. The molecule has 0 aliphatic carbocycles. The second-order valence-electron chi connectivity index (χ2n) is 4.69. The Balaban J connectivity index is 2.11. The minimum atomic E-state index is 0.738. The Hall–Kier alpha value is -0.600. The SMILES string of the molecule is CC(C)CNCC/C=C/Cc1ccc(Br)cc1. The monoisotopic (exact) mass is 295 g/mol. The van der Waals surface area contributed by atoms with E-state index in [4.69, 9.17) is 0 Å². The summed E-state index contributed by atoms with van der Waals surface area (Å²) in [4.78, 5) is 0. The molecule has 17 heavy (non-hydrogen) atoms. The molecule has 1 N–H and O–H groups in total. The smallest absolute Gasteiger partial charge is 0.0175 e. The number of hydrogen-bond donors (Lipinski definition) is 1. The summed E-state index contributed by atoms with van der Waals surface area (Å²) >= 11 is 3.44. The number of hydrogen-bond acceptors (Lipinski definition) is 1. The maximum Gasteiger partial charge on any atom is 0.0175 e. The van der Waals surface area contributed by atoms with Gasteiger partial charge in [-0.1, -0.05) is 54.1 Å². The maximum absolute atomic E-state index is 3.44. The molecule has 0 bridgehead atoms. The Kier molecular flexibility index (Phi) is 7.22. The summed E-state index contributed by atoms with van der Waals surface area (Å²) in [5.41, 5.74) is 1.36. The molecule has 1 aromatic carbocycles. The summed E-state index contributed by atoms with van der Waals surface area (Å²) in [5.74, 6) is 0.738. The van der Waals surface area contributed by atoms with Crippen LogP contribution in [0.25, 0.3) is 0 Å². The maximum atomic E-state index is 3.44. The van der Waals surface area contributed by atoms with Gasteiger partial charge in [0.15, 0.2) is 0 Å². The van der Waals surface area contributed by atoms with E-state index < -0.39 is 0 Å². The van der Waals surface area contributed by atoms with Gasteiger partial charge in [-0.2, -0.15) is 0 Å². The number of allylic oxidation sites excluding steroid dienone is 1. The molecule has 0 aliphatic heterocycles. The lowest BCUT2D eigenvalue weighted by Crippen LogP contribution is -2.20. The molecule has 0 atom stereocenters. The largest absolute Gasteiger partial charge is 0.316 e. The van der Waals surface area contributed by atoms with E-state index in [9.17, 15) is 0 Å². The zero-order valence-electron chi connectivity index (χ0n) is 10.7. The van der Waals surface area contributed by atoms with E-state index >= 15 is 0 Å². The highest BCUT2D eigenvalue weighted by Gasteiger charge is 1.91. The molecule has 0 saturated carbocycles. The normalized spacial score (nSPS) is 11.5. The lowest BCUT2D eigenvalue weighted by Gasteiger charge is -2.04. The molecule has 2 heteroatoms. The van der Waals surface area contributed by atoms with Crippen molar-refractivity contribution in [3.63, 3.8) is 0 Å². The average Bonchev–Trinajstić information content (AvgIpc) is 2.30. The van der Waals surface area contributed by atoms with E-state index in [0.29, 0.717) is 0 Å². The summed E-state index contributed by atoms with van der Waals surface area (Å²) in [6, 6.07) is 8.50. The van der Waals surface area contributed by atoms with E-state index in [-0.39, 0.29) is 0 Å². The van der Waals surface area contributed by atoms with Crippen LogP contribution in [0.15, 0.2) is 40.9 Å². The average molecular weight is 296 g/mol. The van der Waals surface area contributed by atoms with Crippen LogP contribution in [0.4, 0.5) is 0 Å². The van der Waals surface area contributed by atoms with Crippen molar-refractivity contribution in [2.75, 3.05) is 13.1 Å². The molecule has 0 saturated heterocycles. The molecule has 0 radical (unpaired) electrons. The van der Waals surface area contributed by atoms with Crippen LogP contribution in [-0.4, -0.2) is 13.1 Å². The highest BCUT2D eigenvalue weighted by Crippen LogP contribution is 2.11.